The summed E-state index contributed by atoms with van der Waals surface area (Å²) in [5, 5.41) is 3.95. The standard InChI is InChI=1S/C18H19ClN2O5/c1-24-13-9-12(19)7-11-8-14(25-15(11)13)16(22)21-5-2-3-18(4-6-21)10-20-17(23)26-18/h7-9H,2-6,10H2,1H3,(H,20,23)/t18-/m0/s1. The molecule has 0 unspecified atom stereocenters. The van der Waals surface area contributed by atoms with Crippen LogP contribution in [0.25, 0.3) is 11.0 Å². The van der Waals surface area contributed by atoms with Crippen molar-refractivity contribution in [3.8, 4) is 5.75 Å². The largest absolute Gasteiger partial charge is 0.493 e. The van der Waals surface area contributed by atoms with Crippen molar-refractivity contribution >= 4 is 34.6 Å². The molecule has 0 bridgehead atoms. The number of furan rings is 1. The van der Waals surface area contributed by atoms with E-state index in [0.29, 0.717) is 42.4 Å². The summed E-state index contributed by atoms with van der Waals surface area (Å²) in [6.07, 6.45) is 1.72. The van der Waals surface area contributed by atoms with Crippen LogP contribution in [0.15, 0.2) is 22.6 Å². The number of fused-ring (bicyclic) bond motifs is 1. The van der Waals surface area contributed by atoms with E-state index in [4.69, 9.17) is 25.5 Å². The van der Waals surface area contributed by atoms with E-state index in [1.54, 1.807) is 23.1 Å². The SMILES string of the molecule is COc1cc(Cl)cc2cc(C(=O)N3CCC[C@]4(CC3)CNC(=O)O4)oc12. The molecule has 26 heavy (non-hydrogen) atoms. The average molecular weight is 379 g/mol. The van der Waals surface area contributed by atoms with Gasteiger partial charge < -0.3 is 24.1 Å². The first-order chi connectivity index (χ1) is 12.5. The summed E-state index contributed by atoms with van der Waals surface area (Å²) in [7, 11) is 1.53. The molecule has 2 amide bonds. The van der Waals surface area contributed by atoms with Gasteiger partial charge in [0, 0.05) is 36.0 Å². The molecule has 138 valence electrons. The number of likely N-dealkylation sites (tertiary alicyclic amines) is 1. The van der Waals surface area contributed by atoms with Crippen LogP contribution in [-0.2, 0) is 4.74 Å². The number of rotatable bonds is 2. The third kappa shape index (κ3) is 2.96. The first-order valence-electron chi connectivity index (χ1n) is 8.53. The number of carbonyl (C=O) groups is 2. The van der Waals surface area contributed by atoms with E-state index in [2.05, 4.69) is 5.32 Å². The lowest BCUT2D eigenvalue weighted by Crippen LogP contribution is -2.36. The predicted molar refractivity (Wildman–Crippen MR) is 94.7 cm³/mol. The molecule has 1 aromatic heterocycles. The highest BCUT2D eigenvalue weighted by molar-refractivity contribution is 6.31. The highest BCUT2D eigenvalue weighted by atomic mass is 35.5. The summed E-state index contributed by atoms with van der Waals surface area (Å²) >= 11 is 6.08. The zero-order valence-corrected chi connectivity index (χ0v) is 15.1. The van der Waals surface area contributed by atoms with Crippen LogP contribution < -0.4 is 10.1 Å². The fourth-order valence-corrected chi connectivity index (χ4v) is 3.87. The third-order valence-corrected chi connectivity index (χ3v) is 5.24. The Kier molecular flexibility index (Phi) is 4.19. The fourth-order valence-electron chi connectivity index (χ4n) is 3.65. The molecule has 2 fully saturated rings. The summed E-state index contributed by atoms with van der Waals surface area (Å²) in [6.45, 7) is 1.59. The quantitative estimate of drug-likeness (QED) is 0.867. The number of alkyl carbamates (subject to hydrolysis) is 1. The van der Waals surface area contributed by atoms with Crippen LogP contribution in [0.2, 0.25) is 5.02 Å². The predicted octanol–water partition coefficient (Wildman–Crippen LogP) is 3.20. The summed E-state index contributed by atoms with van der Waals surface area (Å²) in [5.41, 5.74) is -0.00281. The summed E-state index contributed by atoms with van der Waals surface area (Å²) < 4.78 is 16.5. The van der Waals surface area contributed by atoms with E-state index in [9.17, 15) is 9.59 Å². The Labute approximate surface area is 155 Å². The summed E-state index contributed by atoms with van der Waals surface area (Å²) in [5.74, 6) is 0.553. The normalized spacial score (nSPS) is 23.0. The molecule has 0 radical (unpaired) electrons. The van der Waals surface area contributed by atoms with Gasteiger partial charge in [0.2, 0.25) is 0 Å². The van der Waals surface area contributed by atoms with Gasteiger partial charge in [-0.15, -0.1) is 0 Å². The minimum absolute atomic E-state index is 0.186. The number of ether oxygens (including phenoxy) is 2. The molecule has 2 aromatic rings. The van der Waals surface area contributed by atoms with Gasteiger partial charge in [-0.25, -0.2) is 4.79 Å². The molecule has 1 N–H and O–H groups in total. The number of benzene rings is 1. The van der Waals surface area contributed by atoms with Crippen molar-refractivity contribution in [2.75, 3.05) is 26.7 Å². The maximum atomic E-state index is 12.9. The highest BCUT2D eigenvalue weighted by Gasteiger charge is 2.42. The lowest BCUT2D eigenvalue weighted by Gasteiger charge is -2.24. The first kappa shape index (κ1) is 17.0. The number of nitrogens with one attached hydrogen (secondary N) is 1. The molecule has 0 saturated carbocycles. The maximum Gasteiger partial charge on any atom is 0.407 e. The fraction of sp³-hybridized carbons (Fsp3) is 0.444. The second-order valence-electron chi connectivity index (χ2n) is 6.71. The Morgan fingerprint density at radius 2 is 2.15 bits per heavy atom. The number of carbonyl (C=O) groups excluding carboxylic acids is 2. The molecular formula is C18H19ClN2O5. The van der Waals surface area contributed by atoms with E-state index >= 15 is 0 Å². The molecule has 2 aliphatic heterocycles. The molecule has 2 saturated heterocycles. The second-order valence-corrected chi connectivity index (χ2v) is 7.15. The van der Waals surface area contributed by atoms with Crippen molar-refractivity contribution in [2.45, 2.75) is 24.9 Å². The van der Waals surface area contributed by atoms with Crippen LogP contribution in [0.4, 0.5) is 4.79 Å². The Bertz CT molecular complexity index is 880. The van der Waals surface area contributed by atoms with Gasteiger partial charge in [-0.1, -0.05) is 11.6 Å². The number of methoxy groups -OCH3 is 1. The molecule has 3 heterocycles. The monoisotopic (exact) mass is 378 g/mol. The van der Waals surface area contributed by atoms with E-state index in [1.165, 1.54) is 7.11 Å². The van der Waals surface area contributed by atoms with E-state index in [0.717, 1.165) is 18.2 Å². The highest BCUT2D eigenvalue weighted by Crippen LogP contribution is 2.34. The molecule has 2 aliphatic rings. The molecule has 0 aliphatic carbocycles. The van der Waals surface area contributed by atoms with E-state index < -0.39 is 5.60 Å². The Balaban J connectivity index is 1.56. The number of hydrogen-bond donors (Lipinski definition) is 1. The minimum Gasteiger partial charge on any atom is -0.493 e. The van der Waals surface area contributed by atoms with Crippen molar-refractivity contribution in [1.82, 2.24) is 10.2 Å². The van der Waals surface area contributed by atoms with E-state index in [1.807, 2.05) is 0 Å². The van der Waals surface area contributed by atoms with Gasteiger partial charge >= 0.3 is 6.09 Å². The van der Waals surface area contributed by atoms with Gasteiger partial charge in [0.15, 0.2) is 17.1 Å². The van der Waals surface area contributed by atoms with Gasteiger partial charge in [-0.3, -0.25) is 4.79 Å². The van der Waals surface area contributed by atoms with Crippen LogP contribution >= 0.6 is 11.6 Å². The second kappa shape index (κ2) is 6.39. The Morgan fingerprint density at radius 1 is 1.31 bits per heavy atom. The average Bonchev–Trinajstić information content (AvgIpc) is 3.13. The van der Waals surface area contributed by atoms with Crippen LogP contribution in [0.1, 0.15) is 29.8 Å². The van der Waals surface area contributed by atoms with Crippen LogP contribution in [0, 0.1) is 0 Å². The topological polar surface area (TPSA) is 81.0 Å². The number of amides is 2. The number of hydrogen-bond acceptors (Lipinski definition) is 5. The zero-order chi connectivity index (χ0) is 18.3. The Hall–Kier alpha value is -2.41. The van der Waals surface area contributed by atoms with Gasteiger partial charge in [-0.05, 0) is 25.0 Å². The van der Waals surface area contributed by atoms with Crippen molar-refractivity contribution in [3.05, 3.63) is 29.0 Å². The van der Waals surface area contributed by atoms with Crippen LogP contribution in [-0.4, -0.2) is 49.2 Å². The molecule has 1 spiro atoms. The zero-order valence-electron chi connectivity index (χ0n) is 14.3. The molecule has 1 atom stereocenters. The van der Waals surface area contributed by atoms with Gasteiger partial charge in [0.05, 0.1) is 13.7 Å². The van der Waals surface area contributed by atoms with Crippen molar-refractivity contribution in [3.63, 3.8) is 0 Å². The van der Waals surface area contributed by atoms with Crippen molar-refractivity contribution in [2.24, 2.45) is 0 Å². The molecular weight excluding hydrogens is 360 g/mol. The number of halogens is 1. The van der Waals surface area contributed by atoms with Gasteiger partial charge in [0.1, 0.15) is 5.60 Å². The molecule has 4 rings (SSSR count). The van der Waals surface area contributed by atoms with Crippen molar-refractivity contribution in [1.29, 1.82) is 0 Å². The molecule has 1 aromatic carbocycles. The lowest BCUT2D eigenvalue weighted by atomic mass is 9.95. The van der Waals surface area contributed by atoms with Crippen molar-refractivity contribution < 1.29 is 23.5 Å². The van der Waals surface area contributed by atoms with E-state index in [-0.39, 0.29) is 17.8 Å². The van der Waals surface area contributed by atoms with Gasteiger partial charge in [0.25, 0.3) is 5.91 Å². The molecule has 7 nitrogen and oxygen atoms in total. The first-order valence-corrected chi connectivity index (χ1v) is 8.91. The molecule has 8 heteroatoms. The Morgan fingerprint density at radius 3 is 2.88 bits per heavy atom. The number of nitrogens with zero attached hydrogens (tertiary/aromatic N) is 1. The van der Waals surface area contributed by atoms with Gasteiger partial charge in [-0.2, -0.15) is 0 Å². The minimum atomic E-state index is -0.503. The summed E-state index contributed by atoms with van der Waals surface area (Å²) in [4.78, 5) is 26.1. The van der Waals surface area contributed by atoms with Crippen LogP contribution in [0.3, 0.4) is 0 Å². The van der Waals surface area contributed by atoms with Crippen LogP contribution in [0.5, 0.6) is 5.75 Å². The maximum absolute atomic E-state index is 12.9. The lowest BCUT2D eigenvalue weighted by molar-refractivity contribution is 0.0436. The summed E-state index contributed by atoms with van der Waals surface area (Å²) in [6, 6.07) is 5.07. The smallest absolute Gasteiger partial charge is 0.407 e. The third-order valence-electron chi connectivity index (χ3n) is 5.03.